The molecule has 0 aliphatic carbocycles. The fourth-order valence-corrected chi connectivity index (χ4v) is 5.41. The molecule has 0 fully saturated rings. The third kappa shape index (κ3) is 4.45. The third-order valence-corrected chi connectivity index (χ3v) is 7.50. The maximum atomic E-state index is 6.40. The summed E-state index contributed by atoms with van der Waals surface area (Å²) in [7, 11) is 3.30. The van der Waals surface area contributed by atoms with Crippen LogP contribution in [0.25, 0.3) is 16.4 Å². The first-order chi connectivity index (χ1) is 20.6. The number of hydrogen-bond acceptors (Lipinski definition) is 8. The third-order valence-electron chi connectivity index (χ3n) is 7.50. The summed E-state index contributed by atoms with van der Waals surface area (Å²) in [6, 6.07) is 28.1. The van der Waals surface area contributed by atoms with Gasteiger partial charge in [-0.3, -0.25) is 0 Å². The van der Waals surface area contributed by atoms with Crippen LogP contribution in [0.1, 0.15) is 40.9 Å². The molecular weight excluding hydrogens is 530 g/mol. The molecule has 9 heteroatoms. The molecule has 0 spiro atoms. The molecule has 2 aromatic heterocycles. The highest BCUT2D eigenvalue weighted by Gasteiger charge is 2.34. The zero-order valence-electron chi connectivity index (χ0n) is 23.3. The topological polar surface area (TPSA) is 92.4 Å². The number of hydrogen-bond donors (Lipinski definition) is 0. The smallest absolute Gasteiger partial charge is 0.228 e. The van der Waals surface area contributed by atoms with E-state index in [-0.39, 0.29) is 12.5 Å². The first-order valence-corrected chi connectivity index (χ1v) is 13.5. The molecule has 9 nitrogen and oxygen atoms in total. The molecule has 7 rings (SSSR count). The lowest BCUT2D eigenvalue weighted by Gasteiger charge is -2.29. The average Bonchev–Trinajstić information content (AvgIpc) is 3.47. The number of rotatable bonds is 7. The molecule has 1 aliphatic rings. The van der Waals surface area contributed by atoms with E-state index in [1.54, 1.807) is 25.1 Å². The van der Waals surface area contributed by atoms with Gasteiger partial charge in [-0.25, -0.2) is 14.5 Å². The summed E-state index contributed by atoms with van der Waals surface area (Å²) >= 11 is 0. The molecule has 0 saturated heterocycles. The van der Waals surface area contributed by atoms with E-state index < -0.39 is 0 Å². The van der Waals surface area contributed by atoms with Crippen LogP contribution in [0, 0.1) is 0 Å². The SMILES string of the molecule is COc1ccc(/C(C)=N/OCc2nc3c4c(ncn3n2)Oc2ccc3ccccc3c2[C@H]4c2ccc(OC)cc2)cc1. The van der Waals surface area contributed by atoms with Crippen LogP contribution in [-0.2, 0) is 11.4 Å². The van der Waals surface area contributed by atoms with Gasteiger partial charge in [-0.2, -0.15) is 0 Å². The zero-order valence-corrected chi connectivity index (χ0v) is 23.3. The minimum atomic E-state index is -0.203. The molecule has 1 aliphatic heterocycles. The lowest BCUT2D eigenvalue weighted by molar-refractivity contribution is 0.125. The Hall–Kier alpha value is -5.44. The number of methoxy groups -OCH3 is 2. The molecule has 0 amide bonds. The highest BCUT2D eigenvalue weighted by Crippen LogP contribution is 2.50. The van der Waals surface area contributed by atoms with Gasteiger partial charge >= 0.3 is 0 Å². The minimum Gasteiger partial charge on any atom is -0.497 e. The Labute approximate surface area is 242 Å². The highest BCUT2D eigenvalue weighted by atomic mass is 16.6. The van der Waals surface area contributed by atoms with Crippen LogP contribution in [0.15, 0.2) is 96.4 Å². The van der Waals surface area contributed by atoms with Crippen molar-refractivity contribution in [1.82, 2.24) is 19.6 Å². The van der Waals surface area contributed by atoms with Crippen molar-refractivity contribution in [2.75, 3.05) is 14.2 Å². The molecule has 6 aromatic rings. The molecule has 0 unspecified atom stereocenters. The molecule has 4 aromatic carbocycles. The van der Waals surface area contributed by atoms with Crippen molar-refractivity contribution in [2.24, 2.45) is 5.16 Å². The van der Waals surface area contributed by atoms with Crippen molar-refractivity contribution in [3.05, 3.63) is 119 Å². The number of oxime groups is 1. The van der Waals surface area contributed by atoms with Gasteiger partial charge in [0.25, 0.3) is 0 Å². The quantitative estimate of drug-likeness (QED) is 0.163. The van der Waals surface area contributed by atoms with Gasteiger partial charge in [0.1, 0.15) is 23.6 Å². The van der Waals surface area contributed by atoms with Gasteiger partial charge in [0, 0.05) is 11.5 Å². The van der Waals surface area contributed by atoms with E-state index in [2.05, 4.69) is 45.6 Å². The van der Waals surface area contributed by atoms with Crippen molar-refractivity contribution in [3.8, 4) is 23.1 Å². The number of ether oxygens (including phenoxy) is 3. The average molecular weight is 558 g/mol. The van der Waals surface area contributed by atoms with Gasteiger partial charge in [-0.15, -0.1) is 5.10 Å². The van der Waals surface area contributed by atoms with E-state index in [1.807, 2.05) is 61.5 Å². The monoisotopic (exact) mass is 557 g/mol. The van der Waals surface area contributed by atoms with E-state index in [1.165, 1.54) is 0 Å². The summed E-state index contributed by atoms with van der Waals surface area (Å²) in [4.78, 5) is 15.2. The van der Waals surface area contributed by atoms with E-state index >= 15 is 0 Å². The van der Waals surface area contributed by atoms with Crippen LogP contribution in [0.4, 0.5) is 0 Å². The van der Waals surface area contributed by atoms with Gasteiger partial charge in [0.15, 0.2) is 18.1 Å². The molecule has 42 heavy (non-hydrogen) atoms. The second kappa shape index (κ2) is 10.5. The second-order valence-electron chi connectivity index (χ2n) is 9.94. The fourth-order valence-electron chi connectivity index (χ4n) is 5.41. The molecule has 208 valence electrons. The predicted molar refractivity (Wildman–Crippen MR) is 159 cm³/mol. The Kier molecular flexibility index (Phi) is 6.39. The summed E-state index contributed by atoms with van der Waals surface area (Å²) in [6.45, 7) is 1.98. The molecule has 3 heterocycles. The van der Waals surface area contributed by atoms with Gasteiger partial charge < -0.3 is 19.0 Å². The van der Waals surface area contributed by atoms with Crippen LogP contribution >= 0.6 is 0 Å². The van der Waals surface area contributed by atoms with Crippen LogP contribution in [0.5, 0.6) is 23.1 Å². The standard InChI is InChI=1S/C33H27N5O4/c1-20(21-8-13-24(39-2)14-9-21)37-41-18-28-35-32-31-29(23-10-15-25(40-3)16-11-23)30-26-7-5-4-6-22(26)12-17-27(30)42-33(31)34-19-38(32)36-28/h4-17,19,29H,18H2,1-3H3/b37-20+/t29-/m1/s1. The van der Waals surface area contributed by atoms with Crippen molar-refractivity contribution < 1.29 is 19.0 Å². The normalized spacial score (nSPS) is 14.3. The summed E-state index contributed by atoms with van der Waals surface area (Å²) in [6.07, 6.45) is 1.62. The predicted octanol–water partition coefficient (Wildman–Crippen LogP) is 6.52. The number of nitrogens with zero attached hydrogens (tertiary/aromatic N) is 5. The zero-order chi connectivity index (χ0) is 28.6. The summed E-state index contributed by atoms with van der Waals surface area (Å²) in [5.74, 6) is 3.11. The summed E-state index contributed by atoms with van der Waals surface area (Å²) in [5, 5.41) is 11.2. The molecule has 0 saturated carbocycles. The maximum Gasteiger partial charge on any atom is 0.228 e. The summed E-state index contributed by atoms with van der Waals surface area (Å²) < 4.78 is 18.7. The van der Waals surface area contributed by atoms with Gasteiger partial charge in [-0.05, 0) is 71.3 Å². The van der Waals surface area contributed by atoms with Crippen molar-refractivity contribution >= 4 is 22.1 Å². The minimum absolute atomic E-state index is 0.0948. The molecule has 0 N–H and O–H groups in total. The van der Waals surface area contributed by atoms with E-state index in [0.717, 1.165) is 56.0 Å². The molecule has 1 atom stereocenters. The van der Waals surface area contributed by atoms with Crippen molar-refractivity contribution in [1.29, 1.82) is 0 Å². The van der Waals surface area contributed by atoms with Gasteiger partial charge in [-0.1, -0.05) is 47.6 Å². The molecule has 0 bridgehead atoms. The first-order valence-electron chi connectivity index (χ1n) is 13.5. The molecular formula is C33H27N5O4. The van der Waals surface area contributed by atoms with E-state index in [4.69, 9.17) is 24.0 Å². The van der Waals surface area contributed by atoms with Gasteiger partial charge in [0.2, 0.25) is 5.88 Å². The fraction of sp³-hybridized carbons (Fsp3) is 0.152. The van der Waals surface area contributed by atoms with Crippen LogP contribution in [0.3, 0.4) is 0 Å². The molecule has 0 radical (unpaired) electrons. The van der Waals surface area contributed by atoms with Crippen molar-refractivity contribution in [3.63, 3.8) is 0 Å². The largest absolute Gasteiger partial charge is 0.497 e. The van der Waals surface area contributed by atoms with E-state index in [0.29, 0.717) is 17.4 Å². The van der Waals surface area contributed by atoms with Crippen LogP contribution in [0.2, 0.25) is 0 Å². The maximum absolute atomic E-state index is 6.40. The van der Waals surface area contributed by atoms with E-state index in [9.17, 15) is 0 Å². The summed E-state index contributed by atoms with van der Waals surface area (Å²) in [5.41, 5.74) is 5.27. The lowest BCUT2D eigenvalue weighted by Crippen LogP contribution is -2.15. The Morgan fingerprint density at radius 1 is 0.881 bits per heavy atom. The first kappa shape index (κ1) is 25.5. The Bertz CT molecular complexity index is 1950. The number of fused-ring (bicyclic) bond motifs is 6. The highest BCUT2D eigenvalue weighted by molar-refractivity contribution is 5.98. The van der Waals surface area contributed by atoms with Crippen LogP contribution < -0.4 is 14.2 Å². The Morgan fingerprint density at radius 3 is 2.38 bits per heavy atom. The Morgan fingerprint density at radius 2 is 1.62 bits per heavy atom. The van der Waals surface area contributed by atoms with Crippen LogP contribution in [-0.4, -0.2) is 39.5 Å². The van der Waals surface area contributed by atoms with Crippen molar-refractivity contribution in [2.45, 2.75) is 19.4 Å². The van der Waals surface area contributed by atoms with Gasteiger partial charge in [0.05, 0.1) is 25.5 Å². The second-order valence-corrected chi connectivity index (χ2v) is 9.94. The number of benzene rings is 4. The Balaban J connectivity index is 1.29. The lowest BCUT2D eigenvalue weighted by atomic mass is 9.81. The number of aromatic nitrogens is 4.